The first-order valence-corrected chi connectivity index (χ1v) is 4.25. The zero-order valence-corrected chi connectivity index (χ0v) is 7.88. The number of hydrogen-bond donors (Lipinski definition) is 0. The topological polar surface area (TPSA) is 43.6 Å². The van der Waals surface area contributed by atoms with Crippen LogP contribution in [0, 0.1) is 0 Å². The van der Waals surface area contributed by atoms with Gasteiger partial charge < -0.3 is 0 Å². The molecule has 0 amide bonds. The highest BCUT2D eigenvalue weighted by Gasteiger charge is 1.99. The Balaban J connectivity index is 2.36. The summed E-state index contributed by atoms with van der Waals surface area (Å²) in [7, 11) is 0. The Hall–Kier alpha value is -1.97. The van der Waals surface area contributed by atoms with Gasteiger partial charge in [-0.1, -0.05) is 6.58 Å². The Bertz CT molecular complexity index is 428. The second-order valence-corrected chi connectivity index (χ2v) is 2.99. The fraction of sp³-hybridized carbons (Fsp3) is 0.100. The van der Waals surface area contributed by atoms with E-state index in [0.717, 1.165) is 11.3 Å². The molecule has 0 saturated carbocycles. The number of allylic oxidation sites excluding steroid dienone is 1. The number of nitrogens with zero attached hydrogens (tertiary/aromatic N) is 4. The van der Waals surface area contributed by atoms with E-state index in [4.69, 9.17) is 0 Å². The minimum Gasteiger partial charge on any atom is -0.251 e. The molecule has 0 spiro atoms. The molecule has 2 heterocycles. The van der Waals surface area contributed by atoms with Crippen molar-refractivity contribution < 1.29 is 0 Å². The summed E-state index contributed by atoms with van der Waals surface area (Å²) in [6, 6.07) is 1.84. The number of aromatic nitrogens is 4. The first-order chi connectivity index (χ1) is 6.77. The Kier molecular flexibility index (Phi) is 2.10. The molecule has 0 atom stereocenters. The van der Waals surface area contributed by atoms with Crippen LogP contribution in [-0.2, 0) is 0 Å². The zero-order valence-electron chi connectivity index (χ0n) is 7.88. The van der Waals surface area contributed by atoms with E-state index in [1.807, 2.05) is 19.2 Å². The third kappa shape index (κ3) is 1.54. The highest BCUT2D eigenvalue weighted by Crippen LogP contribution is 2.07. The summed E-state index contributed by atoms with van der Waals surface area (Å²) >= 11 is 0. The van der Waals surface area contributed by atoms with Crippen molar-refractivity contribution in [1.29, 1.82) is 0 Å². The van der Waals surface area contributed by atoms with Crippen LogP contribution in [-0.4, -0.2) is 19.7 Å². The summed E-state index contributed by atoms with van der Waals surface area (Å²) in [6.07, 6.45) is 6.90. The van der Waals surface area contributed by atoms with Crippen molar-refractivity contribution in [3.05, 3.63) is 43.1 Å². The van der Waals surface area contributed by atoms with Gasteiger partial charge in [0.25, 0.3) is 0 Å². The van der Waals surface area contributed by atoms with Crippen molar-refractivity contribution in [2.24, 2.45) is 0 Å². The van der Waals surface area contributed by atoms with E-state index in [2.05, 4.69) is 21.6 Å². The van der Waals surface area contributed by atoms with Gasteiger partial charge in [-0.15, -0.1) is 0 Å². The molecule has 0 unspecified atom stereocenters. The standard InChI is InChI=1S/C10H10N4/c1-8(2)9-6-12-10(7-11-9)14-5-3-4-13-14/h3-7H,1H2,2H3. The van der Waals surface area contributed by atoms with Crippen molar-refractivity contribution >= 4 is 5.57 Å². The Morgan fingerprint density at radius 1 is 1.36 bits per heavy atom. The minimum atomic E-state index is 0.708. The SMILES string of the molecule is C=C(C)c1cnc(-n2cccn2)cn1. The van der Waals surface area contributed by atoms with E-state index in [9.17, 15) is 0 Å². The molecule has 0 aliphatic heterocycles. The van der Waals surface area contributed by atoms with Gasteiger partial charge in [0.2, 0.25) is 0 Å². The van der Waals surface area contributed by atoms with E-state index < -0.39 is 0 Å². The molecule has 0 saturated heterocycles. The van der Waals surface area contributed by atoms with Gasteiger partial charge in [0.15, 0.2) is 5.82 Å². The molecule has 2 rings (SSSR count). The van der Waals surface area contributed by atoms with Crippen LogP contribution >= 0.6 is 0 Å². The summed E-state index contributed by atoms with van der Waals surface area (Å²) < 4.78 is 1.66. The van der Waals surface area contributed by atoms with Gasteiger partial charge in [-0.3, -0.25) is 4.98 Å². The normalized spacial score (nSPS) is 10.1. The van der Waals surface area contributed by atoms with E-state index >= 15 is 0 Å². The number of rotatable bonds is 2. The van der Waals surface area contributed by atoms with Crippen LogP contribution < -0.4 is 0 Å². The highest BCUT2D eigenvalue weighted by atomic mass is 15.3. The maximum absolute atomic E-state index is 4.22. The molecule has 14 heavy (non-hydrogen) atoms. The fourth-order valence-electron chi connectivity index (χ4n) is 1.06. The molecule has 2 aromatic rings. The molecular formula is C10H10N4. The zero-order chi connectivity index (χ0) is 9.97. The molecule has 0 fully saturated rings. The monoisotopic (exact) mass is 186 g/mol. The first-order valence-electron chi connectivity index (χ1n) is 4.25. The van der Waals surface area contributed by atoms with Crippen molar-refractivity contribution in [1.82, 2.24) is 19.7 Å². The second kappa shape index (κ2) is 3.41. The lowest BCUT2D eigenvalue weighted by Crippen LogP contribution is -1.99. The van der Waals surface area contributed by atoms with E-state index in [-0.39, 0.29) is 0 Å². The maximum atomic E-state index is 4.22. The first kappa shape index (κ1) is 8.62. The van der Waals surface area contributed by atoms with Crippen molar-refractivity contribution in [2.75, 3.05) is 0 Å². The van der Waals surface area contributed by atoms with Crippen LogP contribution in [0.15, 0.2) is 37.4 Å². The average molecular weight is 186 g/mol. The molecule has 70 valence electrons. The van der Waals surface area contributed by atoms with E-state index in [1.54, 1.807) is 23.3 Å². The fourth-order valence-corrected chi connectivity index (χ4v) is 1.06. The van der Waals surface area contributed by atoms with Gasteiger partial charge in [-0.25, -0.2) is 9.67 Å². The van der Waals surface area contributed by atoms with Crippen LogP contribution in [0.3, 0.4) is 0 Å². The lowest BCUT2D eigenvalue weighted by atomic mass is 10.3. The predicted molar refractivity (Wildman–Crippen MR) is 53.9 cm³/mol. The van der Waals surface area contributed by atoms with Gasteiger partial charge in [0.05, 0.1) is 18.1 Å². The minimum absolute atomic E-state index is 0.708. The largest absolute Gasteiger partial charge is 0.251 e. The third-order valence-electron chi connectivity index (χ3n) is 1.81. The van der Waals surface area contributed by atoms with E-state index in [0.29, 0.717) is 5.82 Å². The van der Waals surface area contributed by atoms with Gasteiger partial charge in [0, 0.05) is 12.4 Å². The molecule has 0 radical (unpaired) electrons. The maximum Gasteiger partial charge on any atom is 0.171 e. The van der Waals surface area contributed by atoms with Gasteiger partial charge in [-0.05, 0) is 18.6 Å². The smallest absolute Gasteiger partial charge is 0.171 e. The van der Waals surface area contributed by atoms with Crippen LogP contribution in [0.2, 0.25) is 0 Å². The Morgan fingerprint density at radius 3 is 2.71 bits per heavy atom. The lowest BCUT2D eigenvalue weighted by Gasteiger charge is -2.01. The van der Waals surface area contributed by atoms with Crippen molar-refractivity contribution in [3.63, 3.8) is 0 Å². The molecule has 0 bridgehead atoms. The quantitative estimate of drug-likeness (QED) is 0.716. The lowest BCUT2D eigenvalue weighted by molar-refractivity contribution is 0.836. The second-order valence-electron chi connectivity index (χ2n) is 2.99. The molecular weight excluding hydrogens is 176 g/mol. The van der Waals surface area contributed by atoms with Crippen LogP contribution in [0.1, 0.15) is 12.6 Å². The van der Waals surface area contributed by atoms with Gasteiger partial charge >= 0.3 is 0 Å². The van der Waals surface area contributed by atoms with Crippen molar-refractivity contribution in [2.45, 2.75) is 6.92 Å². The van der Waals surface area contributed by atoms with E-state index in [1.165, 1.54) is 0 Å². The molecule has 0 aliphatic carbocycles. The van der Waals surface area contributed by atoms with Gasteiger partial charge in [0.1, 0.15) is 0 Å². The molecule has 4 heteroatoms. The molecule has 0 aromatic carbocycles. The molecule has 0 aliphatic rings. The van der Waals surface area contributed by atoms with Gasteiger partial charge in [-0.2, -0.15) is 5.10 Å². The molecule has 4 nitrogen and oxygen atoms in total. The Morgan fingerprint density at radius 2 is 2.21 bits per heavy atom. The van der Waals surface area contributed by atoms with Crippen molar-refractivity contribution in [3.8, 4) is 5.82 Å². The van der Waals surface area contributed by atoms with Crippen LogP contribution in [0.5, 0.6) is 0 Å². The summed E-state index contributed by atoms with van der Waals surface area (Å²) in [5.74, 6) is 0.708. The summed E-state index contributed by atoms with van der Waals surface area (Å²) in [5.41, 5.74) is 1.71. The number of hydrogen-bond acceptors (Lipinski definition) is 3. The molecule has 2 aromatic heterocycles. The third-order valence-corrected chi connectivity index (χ3v) is 1.81. The highest BCUT2D eigenvalue weighted by molar-refractivity contribution is 5.56. The Labute approximate surface area is 81.9 Å². The summed E-state index contributed by atoms with van der Waals surface area (Å²) in [4.78, 5) is 8.43. The average Bonchev–Trinajstić information content (AvgIpc) is 2.71. The summed E-state index contributed by atoms with van der Waals surface area (Å²) in [5, 5.41) is 4.05. The van der Waals surface area contributed by atoms with Crippen LogP contribution in [0.25, 0.3) is 11.4 Å². The van der Waals surface area contributed by atoms with Crippen LogP contribution in [0.4, 0.5) is 0 Å². The predicted octanol–water partition coefficient (Wildman–Crippen LogP) is 1.70. The molecule has 0 N–H and O–H groups in total. The summed E-state index contributed by atoms with van der Waals surface area (Å²) in [6.45, 7) is 5.69.